The molecule has 2 rings (SSSR count). The lowest BCUT2D eigenvalue weighted by Gasteiger charge is -1.99. The maximum Gasteiger partial charge on any atom is 0.350 e. The highest BCUT2D eigenvalue weighted by molar-refractivity contribution is 9.10. The fourth-order valence-corrected chi connectivity index (χ4v) is 3.03. The van der Waals surface area contributed by atoms with Crippen molar-refractivity contribution in [3.05, 3.63) is 27.5 Å². The van der Waals surface area contributed by atoms with E-state index in [1.807, 2.05) is 18.2 Å². The summed E-state index contributed by atoms with van der Waals surface area (Å²) in [7, 11) is 1.33. The summed E-state index contributed by atoms with van der Waals surface area (Å²) in [5.41, 5.74) is 6.17. The van der Waals surface area contributed by atoms with Gasteiger partial charge in [-0.2, -0.15) is 0 Å². The van der Waals surface area contributed by atoms with E-state index in [0.29, 0.717) is 10.6 Å². The summed E-state index contributed by atoms with van der Waals surface area (Å²) in [6.45, 7) is 0. The van der Waals surface area contributed by atoms with Crippen molar-refractivity contribution in [1.82, 2.24) is 0 Å². The van der Waals surface area contributed by atoms with Crippen LogP contribution < -0.4 is 5.73 Å². The molecule has 0 saturated heterocycles. The minimum absolute atomic E-state index is 0.103. The highest BCUT2D eigenvalue weighted by Gasteiger charge is 2.19. The summed E-state index contributed by atoms with van der Waals surface area (Å²) in [5.74, 6) is -0.0729. The summed E-state index contributed by atoms with van der Waals surface area (Å²) in [4.78, 5) is 16.4. The van der Waals surface area contributed by atoms with E-state index in [1.165, 1.54) is 18.4 Å². The molecule has 0 saturated carbocycles. The average molecular weight is 362 g/mol. The van der Waals surface area contributed by atoms with E-state index in [2.05, 4.69) is 20.9 Å². The van der Waals surface area contributed by atoms with Crippen LogP contribution in [0, 0.1) is 0 Å². The van der Waals surface area contributed by atoms with Crippen LogP contribution in [0.3, 0.4) is 0 Å². The van der Waals surface area contributed by atoms with Gasteiger partial charge in [0.15, 0.2) is 0 Å². The van der Waals surface area contributed by atoms with Gasteiger partial charge >= 0.3 is 5.97 Å². The molecule has 19 heavy (non-hydrogen) atoms. The summed E-state index contributed by atoms with van der Waals surface area (Å²) in [6, 6.07) is 5.70. The molecule has 7 heteroatoms. The van der Waals surface area contributed by atoms with E-state index >= 15 is 0 Å². The zero-order valence-corrected chi connectivity index (χ0v) is 13.1. The van der Waals surface area contributed by atoms with Gasteiger partial charge in [0, 0.05) is 14.6 Å². The Morgan fingerprint density at radius 1 is 1.58 bits per heavy atom. The molecule has 0 aliphatic heterocycles. The van der Waals surface area contributed by atoms with Crippen LogP contribution in [0.4, 0.5) is 5.69 Å². The Balaban J connectivity index is 2.73. The molecule has 0 atom stereocenters. The number of ether oxygens (including phenoxy) is 1. The van der Waals surface area contributed by atoms with Gasteiger partial charge in [-0.3, -0.25) is 0 Å². The fraction of sp³-hybridized carbons (Fsp3) is 0.167. The van der Waals surface area contributed by atoms with Crippen molar-refractivity contribution in [1.29, 1.82) is 0 Å². The van der Waals surface area contributed by atoms with Crippen molar-refractivity contribution >= 4 is 66.4 Å². The molecule has 0 unspecified atom stereocenters. The SMILES string of the molecule is COC(=O)c1sc2ccc(Br)cc2c1N=C(N)CCl. The molecule has 4 nitrogen and oxygen atoms in total. The van der Waals surface area contributed by atoms with Gasteiger partial charge in [-0.05, 0) is 18.2 Å². The van der Waals surface area contributed by atoms with Crippen LogP contribution in [0.15, 0.2) is 27.7 Å². The van der Waals surface area contributed by atoms with E-state index in [0.717, 1.165) is 14.6 Å². The number of fused-ring (bicyclic) bond motifs is 1. The second-order valence-electron chi connectivity index (χ2n) is 3.65. The maximum absolute atomic E-state index is 11.8. The molecule has 0 fully saturated rings. The number of carbonyl (C=O) groups is 1. The van der Waals surface area contributed by atoms with Crippen molar-refractivity contribution in [2.45, 2.75) is 0 Å². The molecular formula is C12H10BrClN2O2S. The second-order valence-corrected chi connectivity index (χ2v) is 5.88. The zero-order valence-electron chi connectivity index (χ0n) is 9.94. The van der Waals surface area contributed by atoms with Gasteiger partial charge in [0.25, 0.3) is 0 Å². The summed E-state index contributed by atoms with van der Waals surface area (Å²) >= 11 is 10.4. The summed E-state index contributed by atoms with van der Waals surface area (Å²) in [6.07, 6.45) is 0. The number of aliphatic imine (C=N–C) groups is 1. The normalized spacial score (nSPS) is 11.8. The summed E-state index contributed by atoms with van der Waals surface area (Å²) in [5, 5.41) is 0.841. The number of hydrogen-bond acceptors (Lipinski definition) is 4. The molecular weight excluding hydrogens is 352 g/mol. The number of esters is 1. The van der Waals surface area contributed by atoms with Crippen molar-refractivity contribution in [2.75, 3.05) is 13.0 Å². The maximum atomic E-state index is 11.8. The van der Waals surface area contributed by atoms with Gasteiger partial charge in [0.2, 0.25) is 0 Å². The largest absolute Gasteiger partial charge is 0.465 e. The number of hydrogen-bond donors (Lipinski definition) is 1. The Labute approximate surface area is 127 Å². The average Bonchev–Trinajstić information content (AvgIpc) is 2.76. The van der Waals surface area contributed by atoms with Crippen LogP contribution in [-0.2, 0) is 4.74 Å². The van der Waals surface area contributed by atoms with Gasteiger partial charge in [-0.15, -0.1) is 22.9 Å². The van der Waals surface area contributed by atoms with Crippen LogP contribution in [0.5, 0.6) is 0 Å². The number of benzene rings is 1. The molecule has 0 aliphatic carbocycles. The van der Waals surface area contributed by atoms with Crippen molar-refractivity contribution in [3.63, 3.8) is 0 Å². The van der Waals surface area contributed by atoms with Crippen LogP contribution in [-0.4, -0.2) is 24.8 Å². The van der Waals surface area contributed by atoms with Crippen molar-refractivity contribution in [3.8, 4) is 0 Å². The van der Waals surface area contributed by atoms with E-state index in [1.54, 1.807) is 0 Å². The van der Waals surface area contributed by atoms with Gasteiger partial charge in [0.1, 0.15) is 10.7 Å². The van der Waals surface area contributed by atoms with E-state index in [-0.39, 0.29) is 11.7 Å². The molecule has 0 spiro atoms. The Bertz CT molecular complexity index is 669. The third kappa shape index (κ3) is 2.91. The molecule has 1 aromatic heterocycles. The second kappa shape index (κ2) is 5.90. The van der Waals surface area contributed by atoms with Gasteiger partial charge in [-0.25, -0.2) is 9.79 Å². The number of amidine groups is 1. The number of carbonyl (C=O) groups excluding carboxylic acids is 1. The van der Waals surface area contributed by atoms with Gasteiger partial charge in [-0.1, -0.05) is 15.9 Å². The predicted octanol–water partition coefficient (Wildman–Crippen LogP) is 3.68. The molecule has 0 bridgehead atoms. The number of alkyl halides is 1. The van der Waals surface area contributed by atoms with Crippen LogP contribution >= 0.6 is 38.9 Å². The van der Waals surface area contributed by atoms with Crippen LogP contribution in [0.2, 0.25) is 0 Å². The van der Waals surface area contributed by atoms with Gasteiger partial charge in [0.05, 0.1) is 18.7 Å². The standard InChI is InChI=1S/C12H10BrClN2O2S/c1-18-12(17)11-10(16-9(15)5-14)7-4-6(13)2-3-8(7)19-11/h2-4H,5H2,1H3,(H2,15,16). The van der Waals surface area contributed by atoms with Crippen LogP contribution in [0.1, 0.15) is 9.67 Å². The number of methoxy groups -OCH3 is 1. The van der Waals surface area contributed by atoms with E-state index in [4.69, 9.17) is 22.1 Å². The number of nitrogens with zero attached hydrogens (tertiary/aromatic N) is 1. The number of halogens is 2. The molecule has 0 radical (unpaired) electrons. The number of nitrogens with two attached hydrogens (primary N) is 1. The summed E-state index contributed by atoms with van der Waals surface area (Å²) < 4.78 is 6.60. The quantitative estimate of drug-likeness (QED) is 0.392. The monoisotopic (exact) mass is 360 g/mol. The molecule has 0 aliphatic rings. The van der Waals surface area contributed by atoms with E-state index in [9.17, 15) is 4.79 Å². The third-order valence-electron chi connectivity index (χ3n) is 2.39. The third-order valence-corrected chi connectivity index (χ3v) is 4.29. The first kappa shape index (κ1) is 14.3. The van der Waals surface area contributed by atoms with Crippen LogP contribution in [0.25, 0.3) is 10.1 Å². The number of thiophene rings is 1. The fourth-order valence-electron chi connectivity index (χ4n) is 1.57. The lowest BCUT2D eigenvalue weighted by molar-refractivity contribution is 0.0607. The Morgan fingerprint density at radius 3 is 2.95 bits per heavy atom. The molecule has 2 aromatic rings. The first-order valence-electron chi connectivity index (χ1n) is 5.26. The topological polar surface area (TPSA) is 64.7 Å². The molecule has 1 aromatic carbocycles. The minimum atomic E-state index is -0.432. The Morgan fingerprint density at radius 2 is 2.32 bits per heavy atom. The zero-order chi connectivity index (χ0) is 14.0. The lowest BCUT2D eigenvalue weighted by Crippen LogP contribution is -2.12. The highest BCUT2D eigenvalue weighted by atomic mass is 79.9. The van der Waals surface area contributed by atoms with E-state index < -0.39 is 5.97 Å². The Kier molecular flexibility index (Phi) is 4.44. The highest BCUT2D eigenvalue weighted by Crippen LogP contribution is 2.39. The molecule has 1 heterocycles. The minimum Gasteiger partial charge on any atom is -0.465 e. The Hall–Kier alpha value is -1.11. The van der Waals surface area contributed by atoms with Crippen molar-refractivity contribution in [2.24, 2.45) is 10.7 Å². The first-order chi connectivity index (χ1) is 9.06. The first-order valence-corrected chi connectivity index (χ1v) is 7.40. The number of rotatable bonds is 3. The molecule has 0 amide bonds. The van der Waals surface area contributed by atoms with Gasteiger partial charge < -0.3 is 10.5 Å². The lowest BCUT2D eigenvalue weighted by atomic mass is 10.2. The smallest absolute Gasteiger partial charge is 0.350 e. The molecule has 100 valence electrons. The predicted molar refractivity (Wildman–Crippen MR) is 82.9 cm³/mol. The molecule has 2 N–H and O–H groups in total. The van der Waals surface area contributed by atoms with Crippen molar-refractivity contribution < 1.29 is 9.53 Å².